The number of benzene rings is 1. The summed E-state index contributed by atoms with van der Waals surface area (Å²) >= 11 is 0. The van der Waals surface area contributed by atoms with E-state index >= 15 is 0 Å². The third-order valence-electron chi connectivity index (χ3n) is 2.45. The number of carbonyl (C=O) groups is 2. The number of nitrogens with zero attached hydrogens (tertiary/aromatic N) is 2. The van der Waals surface area contributed by atoms with E-state index in [0.717, 1.165) is 6.07 Å². The topological polar surface area (TPSA) is 142 Å². The van der Waals surface area contributed by atoms with Gasteiger partial charge in [0.05, 0.1) is 4.92 Å². The highest BCUT2D eigenvalue weighted by Gasteiger charge is 2.22. The van der Waals surface area contributed by atoms with E-state index in [1.54, 1.807) is 0 Å². The maximum absolute atomic E-state index is 10.7. The molecule has 2 rings (SSSR count). The maximum atomic E-state index is 10.7. The van der Waals surface area contributed by atoms with Gasteiger partial charge in [-0.3, -0.25) is 14.9 Å². The second-order valence-electron chi connectivity index (χ2n) is 3.85. The first-order valence-electron chi connectivity index (χ1n) is 5.71. The number of hydrogen-bond acceptors (Lipinski definition) is 8. The average Bonchev–Trinajstić information content (AvgIpc) is 2.97. The number of carboxylic acids is 1. The quantitative estimate of drug-likeness (QED) is 0.348. The molecule has 114 valence electrons. The molecule has 10 heteroatoms. The average molecular weight is 308 g/mol. The van der Waals surface area contributed by atoms with E-state index in [4.69, 9.17) is 14.4 Å². The third kappa shape index (κ3) is 3.36. The summed E-state index contributed by atoms with van der Waals surface area (Å²) in [7, 11) is 0. The van der Waals surface area contributed by atoms with E-state index in [-0.39, 0.29) is 29.4 Å². The molecule has 0 bridgehead atoms. The van der Waals surface area contributed by atoms with Crippen molar-refractivity contribution in [2.24, 2.45) is 0 Å². The number of carbonyl (C=O) groups excluding carboxylic acids is 1. The summed E-state index contributed by atoms with van der Waals surface area (Å²) in [5.41, 5.74) is -0.533. The number of rotatable bonds is 7. The van der Waals surface area contributed by atoms with Crippen molar-refractivity contribution in [1.29, 1.82) is 0 Å². The van der Waals surface area contributed by atoms with Crippen molar-refractivity contribution >= 4 is 18.1 Å². The van der Waals surface area contributed by atoms with E-state index < -0.39 is 17.2 Å². The molecule has 0 aliphatic rings. The normalized spacial score (nSPS) is 11.5. The van der Waals surface area contributed by atoms with Crippen LogP contribution in [0, 0.1) is 10.1 Å². The molecule has 0 aliphatic carbocycles. The highest BCUT2D eigenvalue weighted by atomic mass is 16.7. The number of non-ortho nitro benzene ring substituents is 1. The fourth-order valence-corrected chi connectivity index (χ4v) is 1.47. The van der Waals surface area contributed by atoms with Crippen LogP contribution in [0.5, 0.6) is 5.75 Å². The lowest BCUT2D eigenvalue weighted by atomic mass is 10.3. The fourth-order valence-electron chi connectivity index (χ4n) is 1.47. The van der Waals surface area contributed by atoms with Gasteiger partial charge in [-0.1, -0.05) is 5.16 Å². The fraction of sp³-hybridized carbons (Fsp3) is 0.0833. The van der Waals surface area contributed by atoms with E-state index in [2.05, 4.69) is 9.89 Å². The van der Waals surface area contributed by atoms with Crippen LogP contribution in [0.25, 0.3) is 0 Å². The summed E-state index contributed by atoms with van der Waals surface area (Å²) in [5.74, 6) is -1.33. The number of aromatic carboxylic acids is 1. The summed E-state index contributed by atoms with van der Waals surface area (Å²) in [6.07, 6.45) is -1.38. The lowest BCUT2D eigenvalue weighted by Gasteiger charge is -2.13. The molecule has 1 N–H and O–H groups in total. The van der Waals surface area contributed by atoms with Crippen LogP contribution in [0.15, 0.2) is 34.9 Å². The lowest BCUT2D eigenvalue weighted by Crippen LogP contribution is -2.10. The molecular weight excluding hydrogens is 300 g/mol. The second kappa shape index (κ2) is 6.35. The van der Waals surface area contributed by atoms with Gasteiger partial charge in [-0.05, 0) is 12.1 Å². The first kappa shape index (κ1) is 15.0. The van der Waals surface area contributed by atoms with Crippen molar-refractivity contribution in [2.75, 3.05) is 0 Å². The Morgan fingerprint density at radius 3 is 2.59 bits per heavy atom. The highest BCUT2D eigenvalue weighted by Crippen LogP contribution is 2.25. The number of carboxylic acid groups (broad SMARTS) is 1. The van der Waals surface area contributed by atoms with Crippen LogP contribution in [0.4, 0.5) is 5.69 Å². The first-order chi connectivity index (χ1) is 10.5. The molecule has 0 radical (unpaired) electrons. The van der Waals surface area contributed by atoms with Crippen molar-refractivity contribution in [3.05, 3.63) is 51.9 Å². The number of aromatic nitrogens is 1. The molecule has 1 aromatic carbocycles. The van der Waals surface area contributed by atoms with Crippen molar-refractivity contribution in [2.45, 2.75) is 6.29 Å². The van der Waals surface area contributed by atoms with Crippen LogP contribution in [-0.4, -0.2) is 27.6 Å². The third-order valence-corrected chi connectivity index (χ3v) is 2.45. The molecule has 2 aromatic rings. The molecule has 1 unspecified atom stereocenters. The summed E-state index contributed by atoms with van der Waals surface area (Å²) in [6.45, 7) is 0.0824. The zero-order valence-corrected chi connectivity index (χ0v) is 10.7. The lowest BCUT2D eigenvalue weighted by molar-refractivity contribution is -0.384. The minimum absolute atomic E-state index is 0.0824. The molecule has 10 nitrogen and oxygen atoms in total. The summed E-state index contributed by atoms with van der Waals surface area (Å²) in [6, 6.07) is 5.98. The van der Waals surface area contributed by atoms with Gasteiger partial charge >= 0.3 is 12.3 Å². The molecule has 1 heterocycles. The molecule has 0 spiro atoms. The van der Waals surface area contributed by atoms with Crippen molar-refractivity contribution in [3.63, 3.8) is 0 Å². The molecule has 1 atom stereocenters. The van der Waals surface area contributed by atoms with Gasteiger partial charge in [0, 0.05) is 18.2 Å². The molecule has 0 aliphatic heterocycles. The van der Waals surface area contributed by atoms with Crippen LogP contribution in [0.3, 0.4) is 0 Å². The number of nitro benzene ring substituents is 1. The minimum atomic E-state index is -1.38. The van der Waals surface area contributed by atoms with Crippen LogP contribution in [0.1, 0.15) is 22.5 Å². The van der Waals surface area contributed by atoms with Gasteiger partial charge in [-0.2, -0.15) is 0 Å². The highest BCUT2D eigenvalue weighted by molar-refractivity contribution is 5.85. The number of hydrogen-bond donors (Lipinski definition) is 1. The standard InChI is InChI=1S/C12H8N2O8/c15-6-20-12(10-5-9(11(16)17)13-22-10)21-8-3-1-7(2-4-8)14(18)19/h1-6,12H,(H,16,17). The zero-order chi connectivity index (χ0) is 16.1. The predicted molar refractivity (Wildman–Crippen MR) is 67.1 cm³/mol. The van der Waals surface area contributed by atoms with E-state index in [1.807, 2.05) is 0 Å². The van der Waals surface area contributed by atoms with Gasteiger partial charge in [0.25, 0.3) is 12.2 Å². The van der Waals surface area contributed by atoms with Gasteiger partial charge in [0.2, 0.25) is 5.76 Å². The van der Waals surface area contributed by atoms with Crippen molar-refractivity contribution < 1.29 is 33.6 Å². The summed E-state index contributed by atoms with van der Waals surface area (Å²) < 4.78 is 14.6. The largest absolute Gasteiger partial charge is 0.476 e. The van der Waals surface area contributed by atoms with E-state index in [1.165, 1.54) is 24.3 Å². The smallest absolute Gasteiger partial charge is 0.358 e. The van der Waals surface area contributed by atoms with Crippen LogP contribution < -0.4 is 4.74 Å². The Morgan fingerprint density at radius 1 is 1.41 bits per heavy atom. The Bertz CT molecular complexity index is 693. The Labute approximate surface area is 122 Å². The van der Waals surface area contributed by atoms with Gasteiger partial charge in [0.1, 0.15) is 5.75 Å². The van der Waals surface area contributed by atoms with E-state index in [0.29, 0.717) is 0 Å². The molecule has 0 saturated carbocycles. The Hall–Kier alpha value is -3.43. The molecule has 22 heavy (non-hydrogen) atoms. The Morgan fingerprint density at radius 2 is 2.09 bits per heavy atom. The SMILES string of the molecule is O=COC(Oc1ccc([N+](=O)[O-])cc1)c1cc(C(=O)O)no1. The first-order valence-corrected chi connectivity index (χ1v) is 5.71. The van der Waals surface area contributed by atoms with Gasteiger partial charge < -0.3 is 19.1 Å². The van der Waals surface area contributed by atoms with E-state index in [9.17, 15) is 19.7 Å². The molecule has 1 aromatic heterocycles. The molecule has 0 saturated heterocycles. The summed E-state index contributed by atoms with van der Waals surface area (Å²) in [4.78, 5) is 31.2. The van der Waals surface area contributed by atoms with Crippen LogP contribution >= 0.6 is 0 Å². The molecule has 0 fully saturated rings. The van der Waals surface area contributed by atoms with Gasteiger partial charge in [0.15, 0.2) is 5.69 Å². The maximum Gasteiger partial charge on any atom is 0.358 e. The van der Waals surface area contributed by atoms with Crippen LogP contribution in [0.2, 0.25) is 0 Å². The predicted octanol–water partition coefficient (Wildman–Crippen LogP) is 1.53. The second-order valence-corrected chi connectivity index (χ2v) is 3.85. The summed E-state index contributed by atoms with van der Waals surface area (Å²) in [5, 5.41) is 22.5. The Balaban J connectivity index is 2.18. The van der Waals surface area contributed by atoms with Crippen molar-refractivity contribution in [3.8, 4) is 5.75 Å². The van der Waals surface area contributed by atoms with Gasteiger partial charge in [-0.15, -0.1) is 0 Å². The molecular formula is C12H8N2O8. The molecule has 0 amide bonds. The van der Waals surface area contributed by atoms with Gasteiger partial charge in [-0.25, -0.2) is 4.79 Å². The Kier molecular flexibility index (Phi) is 4.32. The number of ether oxygens (including phenoxy) is 2. The van der Waals surface area contributed by atoms with Crippen molar-refractivity contribution in [1.82, 2.24) is 5.16 Å². The van der Waals surface area contributed by atoms with Crippen LogP contribution in [-0.2, 0) is 9.53 Å². The monoisotopic (exact) mass is 308 g/mol. The minimum Gasteiger partial charge on any atom is -0.476 e. The zero-order valence-electron chi connectivity index (χ0n) is 10.7. The number of nitro groups is 1.